The minimum atomic E-state index is 0. The molecule has 1 radical (unpaired) electrons. The fourth-order valence-corrected chi connectivity index (χ4v) is 0.545. The second-order valence-electron chi connectivity index (χ2n) is 1.84. The Bertz CT molecular complexity index is 148. The smallest absolute Gasteiger partial charge is 0.115 e. The topological polar surface area (TPSA) is 20.2 Å². The van der Waals surface area contributed by atoms with Gasteiger partial charge in [0.2, 0.25) is 0 Å². The van der Waals surface area contributed by atoms with Crippen molar-refractivity contribution in [3.8, 4) is 5.75 Å². The Labute approximate surface area is 80.0 Å². The van der Waals surface area contributed by atoms with E-state index in [-0.39, 0.29) is 32.7 Å². The van der Waals surface area contributed by atoms with E-state index in [1.165, 1.54) is 5.56 Å². The molecular formula is C7H8OY. The molecular weight excluding hydrogens is 189 g/mol. The Morgan fingerprint density at radius 1 is 1.11 bits per heavy atom. The van der Waals surface area contributed by atoms with E-state index in [1.54, 1.807) is 12.1 Å². The van der Waals surface area contributed by atoms with Gasteiger partial charge in [0.05, 0.1) is 0 Å². The third-order valence-electron chi connectivity index (χ3n) is 1.03. The number of hydrogen-bond donors (Lipinski definition) is 1. The maximum absolute atomic E-state index is 8.76. The summed E-state index contributed by atoms with van der Waals surface area (Å²) in [5, 5.41) is 8.76. The summed E-state index contributed by atoms with van der Waals surface area (Å²) < 4.78 is 0. The Hall–Kier alpha value is 0.124. The summed E-state index contributed by atoms with van der Waals surface area (Å²) in [7, 11) is 0. The van der Waals surface area contributed by atoms with Crippen LogP contribution in [0, 0.1) is 6.92 Å². The van der Waals surface area contributed by atoms with Crippen molar-refractivity contribution in [1.29, 1.82) is 0 Å². The van der Waals surface area contributed by atoms with E-state index in [1.807, 2.05) is 19.1 Å². The quantitative estimate of drug-likeness (QED) is 0.671. The van der Waals surface area contributed by atoms with Crippen molar-refractivity contribution < 1.29 is 37.8 Å². The Balaban J connectivity index is 0.000000640. The minimum Gasteiger partial charge on any atom is -0.508 e. The molecule has 0 aliphatic carbocycles. The molecule has 0 saturated carbocycles. The van der Waals surface area contributed by atoms with Gasteiger partial charge in [-0.2, -0.15) is 0 Å². The molecule has 9 heavy (non-hydrogen) atoms. The average Bonchev–Trinajstić information content (AvgIpc) is 1.77. The monoisotopic (exact) mass is 197 g/mol. The van der Waals surface area contributed by atoms with Crippen molar-refractivity contribution in [2.75, 3.05) is 0 Å². The van der Waals surface area contributed by atoms with Gasteiger partial charge in [-0.05, 0) is 19.1 Å². The normalized spacial score (nSPS) is 8.11. The maximum atomic E-state index is 8.76. The van der Waals surface area contributed by atoms with Crippen molar-refractivity contribution in [3.05, 3.63) is 29.8 Å². The predicted octanol–water partition coefficient (Wildman–Crippen LogP) is 1.70. The first-order chi connectivity index (χ1) is 3.79. The van der Waals surface area contributed by atoms with E-state index in [9.17, 15) is 0 Å². The Kier molecular flexibility index (Phi) is 4.08. The predicted molar refractivity (Wildman–Crippen MR) is 32.8 cm³/mol. The van der Waals surface area contributed by atoms with Gasteiger partial charge in [0.15, 0.2) is 0 Å². The molecule has 0 aliphatic heterocycles. The van der Waals surface area contributed by atoms with Gasteiger partial charge in [0, 0.05) is 32.7 Å². The summed E-state index contributed by atoms with van der Waals surface area (Å²) in [5.41, 5.74) is 1.17. The van der Waals surface area contributed by atoms with Gasteiger partial charge >= 0.3 is 0 Å². The first-order valence-corrected chi connectivity index (χ1v) is 2.54. The fraction of sp³-hybridized carbons (Fsp3) is 0.143. The van der Waals surface area contributed by atoms with Gasteiger partial charge in [0.25, 0.3) is 0 Å². The molecule has 1 nitrogen and oxygen atoms in total. The van der Waals surface area contributed by atoms with Gasteiger partial charge in [-0.1, -0.05) is 17.7 Å². The van der Waals surface area contributed by atoms with Gasteiger partial charge in [0.1, 0.15) is 5.75 Å². The van der Waals surface area contributed by atoms with Crippen LogP contribution in [-0.4, -0.2) is 5.11 Å². The molecule has 0 aromatic heterocycles. The van der Waals surface area contributed by atoms with Crippen LogP contribution in [-0.2, 0) is 32.7 Å². The standard InChI is InChI=1S/C7H8O.Y/c1-6-2-4-7(8)5-3-6;/h2-5,8H,1H3;. The van der Waals surface area contributed by atoms with E-state index in [2.05, 4.69) is 0 Å². The number of phenols is 1. The molecule has 0 unspecified atom stereocenters. The van der Waals surface area contributed by atoms with E-state index in [0.29, 0.717) is 5.75 Å². The summed E-state index contributed by atoms with van der Waals surface area (Å²) in [5.74, 6) is 0.329. The van der Waals surface area contributed by atoms with E-state index in [4.69, 9.17) is 5.11 Å². The van der Waals surface area contributed by atoms with E-state index in [0.717, 1.165) is 0 Å². The number of aromatic hydroxyl groups is 1. The van der Waals surface area contributed by atoms with Crippen molar-refractivity contribution in [2.24, 2.45) is 0 Å². The van der Waals surface area contributed by atoms with Crippen LogP contribution in [0.25, 0.3) is 0 Å². The summed E-state index contributed by atoms with van der Waals surface area (Å²) >= 11 is 0. The summed E-state index contributed by atoms with van der Waals surface area (Å²) in [6.07, 6.45) is 0. The summed E-state index contributed by atoms with van der Waals surface area (Å²) in [6, 6.07) is 7.09. The number of phenolic OH excluding ortho intramolecular Hbond substituents is 1. The number of hydrogen-bond acceptors (Lipinski definition) is 1. The van der Waals surface area contributed by atoms with Gasteiger partial charge in [-0.25, -0.2) is 0 Å². The number of rotatable bonds is 0. The summed E-state index contributed by atoms with van der Waals surface area (Å²) in [4.78, 5) is 0. The van der Waals surface area contributed by atoms with Crippen LogP contribution in [0.15, 0.2) is 24.3 Å². The molecule has 45 valence electrons. The molecule has 1 aromatic carbocycles. The van der Waals surface area contributed by atoms with Crippen LogP contribution in [0.5, 0.6) is 5.75 Å². The zero-order valence-electron chi connectivity index (χ0n) is 5.33. The second kappa shape index (κ2) is 4.02. The minimum absolute atomic E-state index is 0. The first kappa shape index (κ1) is 9.12. The molecule has 1 aromatic rings. The van der Waals surface area contributed by atoms with Crippen molar-refractivity contribution in [2.45, 2.75) is 6.92 Å². The average molecular weight is 197 g/mol. The second-order valence-corrected chi connectivity index (χ2v) is 1.84. The SMILES string of the molecule is Cc1ccc(O)cc1.[Y]. The third kappa shape index (κ3) is 2.97. The fourth-order valence-electron chi connectivity index (χ4n) is 0.545. The first-order valence-electron chi connectivity index (χ1n) is 2.54. The zero-order chi connectivity index (χ0) is 5.98. The molecule has 0 atom stereocenters. The van der Waals surface area contributed by atoms with E-state index >= 15 is 0 Å². The third-order valence-corrected chi connectivity index (χ3v) is 1.03. The maximum Gasteiger partial charge on any atom is 0.115 e. The molecule has 0 amide bonds. The number of aryl methyl sites for hydroxylation is 1. The molecule has 0 saturated heterocycles. The van der Waals surface area contributed by atoms with Crippen molar-refractivity contribution in [1.82, 2.24) is 0 Å². The molecule has 0 fully saturated rings. The van der Waals surface area contributed by atoms with Gasteiger partial charge < -0.3 is 5.11 Å². The van der Waals surface area contributed by atoms with Gasteiger partial charge in [-0.3, -0.25) is 0 Å². The van der Waals surface area contributed by atoms with Crippen LogP contribution < -0.4 is 0 Å². The molecule has 1 rings (SSSR count). The number of benzene rings is 1. The molecule has 0 bridgehead atoms. The molecule has 2 heteroatoms. The molecule has 0 spiro atoms. The van der Waals surface area contributed by atoms with Crippen molar-refractivity contribution >= 4 is 0 Å². The largest absolute Gasteiger partial charge is 0.508 e. The van der Waals surface area contributed by atoms with Crippen LogP contribution in [0.1, 0.15) is 5.56 Å². The Morgan fingerprint density at radius 3 is 1.89 bits per heavy atom. The zero-order valence-corrected chi connectivity index (χ0v) is 8.17. The van der Waals surface area contributed by atoms with Gasteiger partial charge in [-0.15, -0.1) is 0 Å². The molecule has 1 N–H and O–H groups in total. The van der Waals surface area contributed by atoms with Crippen LogP contribution in [0.4, 0.5) is 0 Å². The summed E-state index contributed by atoms with van der Waals surface area (Å²) in [6.45, 7) is 1.99. The van der Waals surface area contributed by atoms with Crippen molar-refractivity contribution in [3.63, 3.8) is 0 Å². The van der Waals surface area contributed by atoms with Crippen LogP contribution in [0.2, 0.25) is 0 Å². The Morgan fingerprint density at radius 2 is 1.56 bits per heavy atom. The van der Waals surface area contributed by atoms with E-state index < -0.39 is 0 Å². The van der Waals surface area contributed by atoms with Crippen LogP contribution in [0.3, 0.4) is 0 Å². The van der Waals surface area contributed by atoms with Crippen LogP contribution >= 0.6 is 0 Å². The molecule has 0 heterocycles. The molecule has 0 aliphatic rings.